The van der Waals surface area contributed by atoms with E-state index in [1.54, 1.807) is 0 Å². The number of thiocarbonyl (C=S) groups is 1. The third-order valence-electron chi connectivity index (χ3n) is 4.68. The first-order chi connectivity index (χ1) is 13.0. The summed E-state index contributed by atoms with van der Waals surface area (Å²) < 4.78 is 5.35. The molecule has 158 valence electrons. The first-order valence-electron chi connectivity index (χ1n) is 8.13. The third kappa shape index (κ3) is 4.07. The molecule has 14 heteroatoms. The average molecular weight is 423 g/mol. The van der Waals surface area contributed by atoms with Crippen molar-refractivity contribution >= 4 is 35.2 Å². The van der Waals surface area contributed by atoms with Crippen LogP contribution < -0.4 is 10.6 Å². The van der Waals surface area contributed by atoms with Gasteiger partial charge in [-0.25, -0.2) is 4.79 Å². The molecule has 2 fully saturated rings. The molecule has 2 saturated heterocycles. The van der Waals surface area contributed by atoms with Crippen LogP contribution in [0.5, 0.6) is 0 Å². The van der Waals surface area contributed by atoms with Crippen LogP contribution in [-0.2, 0) is 19.1 Å². The van der Waals surface area contributed by atoms with Crippen molar-refractivity contribution in [3.05, 3.63) is 0 Å². The maximum Gasteiger partial charge on any atom is 0.333 e. The zero-order valence-electron chi connectivity index (χ0n) is 14.4. The van der Waals surface area contributed by atoms with Gasteiger partial charge in [0.15, 0.2) is 17.4 Å². The lowest BCUT2D eigenvalue weighted by Gasteiger charge is -2.46. The predicted molar refractivity (Wildman–Crippen MR) is 91.8 cm³/mol. The number of aliphatic hydroxyl groups is 4. The van der Waals surface area contributed by atoms with E-state index in [1.165, 1.54) is 0 Å². The smallest absolute Gasteiger partial charge is 0.333 e. The van der Waals surface area contributed by atoms with Crippen LogP contribution in [0, 0.1) is 5.41 Å². The second kappa shape index (κ2) is 8.60. The second-order valence-electron chi connectivity index (χ2n) is 6.51. The summed E-state index contributed by atoms with van der Waals surface area (Å²) in [6.45, 7) is -2.35. The minimum Gasteiger partial charge on any atom is -0.480 e. The Morgan fingerprint density at radius 2 is 2.00 bits per heavy atom. The van der Waals surface area contributed by atoms with Crippen molar-refractivity contribution in [2.45, 2.75) is 30.6 Å². The molecule has 28 heavy (non-hydrogen) atoms. The molecule has 0 radical (unpaired) electrons. The molecule has 2 heterocycles. The number of carboxylic acid groups (broad SMARTS) is 2. The Balaban J connectivity index is 2.34. The Morgan fingerprint density at radius 3 is 2.50 bits per heavy atom. The molecule has 13 nitrogen and oxygen atoms in total. The van der Waals surface area contributed by atoms with Gasteiger partial charge in [-0.2, -0.15) is 0 Å². The molecule has 8 N–H and O–H groups in total. The quantitative estimate of drug-likeness (QED) is 0.173. The Labute approximate surface area is 163 Å². The van der Waals surface area contributed by atoms with E-state index in [0.717, 1.165) is 4.90 Å². The molecule has 0 aromatic carbocycles. The van der Waals surface area contributed by atoms with Gasteiger partial charge in [0.25, 0.3) is 0 Å². The van der Waals surface area contributed by atoms with Crippen molar-refractivity contribution in [3.63, 3.8) is 0 Å². The Hall–Kier alpha value is -1.94. The van der Waals surface area contributed by atoms with Crippen LogP contribution in [0.4, 0.5) is 0 Å². The number of hydrogen-bond donors (Lipinski definition) is 8. The zero-order chi connectivity index (χ0) is 21.2. The number of ether oxygens (including phenoxy) is 1. The zero-order valence-corrected chi connectivity index (χ0v) is 15.2. The van der Waals surface area contributed by atoms with Gasteiger partial charge in [-0.15, -0.1) is 0 Å². The van der Waals surface area contributed by atoms with Gasteiger partial charge in [0.2, 0.25) is 5.91 Å². The van der Waals surface area contributed by atoms with Gasteiger partial charge in [-0.05, 0) is 12.2 Å². The van der Waals surface area contributed by atoms with Crippen molar-refractivity contribution < 1.29 is 49.8 Å². The third-order valence-corrected chi connectivity index (χ3v) is 5.02. The minimum atomic E-state index is -2.25. The van der Waals surface area contributed by atoms with Crippen LogP contribution >= 0.6 is 12.2 Å². The van der Waals surface area contributed by atoms with E-state index in [4.69, 9.17) is 22.1 Å². The van der Waals surface area contributed by atoms with Crippen LogP contribution in [0.25, 0.3) is 0 Å². The first-order valence-corrected chi connectivity index (χ1v) is 8.54. The van der Waals surface area contributed by atoms with Crippen LogP contribution in [0.3, 0.4) is 0 Å². The number of aliphatic hydroxyl groups excluding tert-OH is 4. The maximum absolute atomic E-state index is 12.5. The van der Waals surface area contributed by atoms with E-state index in [1.807, 2.05) is 0 Å². The molecule has 0 aliphatic carbocycles. The molecule has 0 aromatic heterocycles. The molecule has 2 unspecified atom stereocenters. The highest BCUT2D eigenvalue weighted by molar-refractivity contribution is 7.80. The fraction of sp³-hybridized carbons (Fsp3) is 0.714. The highest BCUT2D eigenvalue weighted by Gasteiger charge is 2.56. The largest absolute Gasteiger partial charge is 0.480 e. The standard InChI is InChI=1S/C14H21N3O10S/c18-2-5-7(21)8(22)10(27-5)17-4-14(9(23)11(24)25,3-15-1-6(19)20)12(26)16-13(17)28/h5,7-10,15,18,21-23H,1-4H2,(H,19,20)(H,24,25)(H,16,26,28)/t5-,7-,8-,9?,10-,14?/m1/s1. The molecule has 0 spiro atoms. The second-order valence-corrected chi connectivity index (χ2v) is 6.90. The van der Waals surface area contributed by atoms with Gasteiger partial charge in [0.1, 0.15) is 23.7 Å². The maximum atomic E-state index is 12.5. The summed E-state index contributed by atoms with van der Waals surface area (Å²) in [5, 5.41) is 61.8. The number of carbonyl (C=O) groups excluding carboxylic acids is 1. The molecule has 2 aliphatic rings. The topological polar surface area (TPSA) is 209 Å². The van der Waals surface area contributed by atoms with Gasteiger partial charge in [0, 0.05) is 13.1 Å². The van der Waals surface area contributed by atoms with E-state index in [2.05, 4.69) is 10.6 Å². The summed E-state index contributed by atoms with van der Waals surface area (Å²) in [6.07, 6.45) is -7.78. The van der Waals surface area contributed by atoms with Crippen molar-refractivity contribution in [2.75, 3.05) is 26.2 Å². The molecule has 6 atom stereocenters. The van der Waals surface area contributed by atoms with Crippen LogP contribution in [-0.4, -0.2) is 115 Å². The van der Waals surface area contributed by atoms with Crippen LogP contribution in [0.15, 0.2) is 0 Å². The molecular weight excluding hydrogens is 402 g/mol. The van der Waals surface area contributed by atoms with E-state index in [0.29, 0.717) is 0 Å². The number of rotatable bonds is 8. The first kappa shape index (κ1) is 22.4. The Bertz CT molecular complexity index is 663. The molecular formula is C14H21N3O10S. The number of carbonyl (C=O) groups is 3. The number of hydrogen-bond acceptors (Lipinski definition) is 10. The fourth-order valence-electron chi connectivity index (χ4n) is 3.16. The highest BCUT2D eigenvalue weighted by Crippen LogP contribution is 2.32. The van der Waals surface area contributed by atoms with Crippen LogP contribution in [0.2, 0.25) is 0 Å². The summed E-state index contributed by atoms with van der Waals surface area (Å²) in [5.74, 6) is -3.97. The fourth-order valence-corrected chi connectivity index (χ4v) is 3.42. The average Bonchev–Trinajstić information content (AvgIpc) is 2.90. The highest BCUT2D eigenvalue weighted by atomic mass is 32.1. The number of carboxylic acids is 2. The molecule has 2 aliphatic heterocycles. The Kier molecular flexibility index (Phi) is 6.87. The number of amides is 1. The van der Waals surface area contributed by atoms with Gasteiger partial charge < -0.3 is 50.9 Å². The van der Waals surface area contributed by atoms with E-state index in [9.17, 15) is 39.9 Å². The number of nitrogens with one attached hydrogen (secondary N) is 2. The summed E-state index contributed by atoms with van der Waals surface area (Å²) in [6, 6.07) is 0. The molecule has 0 bridgehead atoms. The lowest BCUT2D eigenvalue weighted by atomic mass is 9.78. The summed E-state index contributed by atoms with van der Waals surface area (Å²) >= 11 is 5.03. The molecule has 1 amide bonds. The van der Waals surface area contributed by atoms with Gasteiger partial charge in [-0.3, -0.25) is 9.59 Å². The van der Waals surface area contributed by atoms with Crippen molar-refractivity contribution in [2.24, 2.45) is 5.41 Å². The number of nitrogens with zero attached hydrogens (tertiary/aromatic N) is 1. The lowest BCUT2D eigenvalue weighted by molar-refractivity contribution is -0.166. The summed E-state index contributed by atoms with van der Waals surface area (Å²) in [7, 11) is 0. The SMILES string of the molecule is O=C(O)CNCC1(C(O)C(=O)O)CN([C@@H]2O[C@H](CO)[C@@H](O)[C@H]2O)C(=S)NC1=O. The van der Waals surface area contributed by atoms with Gasteiger partial charge >= 0.3 is 11.9 Å². The van der Waals surface area contributed by atoms with Gasteiger partial charge in [0.05, 0.1) is 13.2 Å². The predicted octanol–water partition coefficient (Wildman–Crippen LogP) is -4.75. The minimum absolute atomic E-state index is 0.258. The van der Waals surface area contributed by atoms with E-state index < -0.39 is 80.1 Å². The summed E-state index contributed by atoms with van der Waals surface area (Å²) in [5.41, 5.74) is -2.09. The Morgan fingerprint density at radius 1 is 1.36 bits per heavy atom. The monoisotopic (exact) mass is 423 g/mol. The van der Waals surface area contributed by atoms with Crippen molar-refractivity contribution in [1.82, 2.24) is 15.5 Å². The number of aliphatic carboxylic acids is 2. The van der Waals surface area contributed by atoms with E-state index >= 15 is 0 Å². The van der Waals surface area contributed by atoms with Crippen molar-refractivity contribution in [1.29, 1.82) is 0 Å². The van der Waals surface area contributed by atoms with Crippen LogP contribution in [0.1, 0.15) is 0 Å². The molecule has 0 saturated carbocycles. The van der Waals surface area contributed by atoms with Crippen molar-refractivity contribution in [3.8, 4) is 0 Å². The lowest BCUT2D eigenvalue weighted by Crippen LogP contribution is -2.70. The van der Waals surface area contributed by atoms with Gasteiger partial charge in [-0.1, -0.05) is 0 Å². The molecule has 2 rings (SSSR count). The normalized spacial score (nSPS) is 34.2. The molecule has 0 aromatic rings. The summed E-state index contributed by atoms with van der Waals surface area (Å²) in [4.78, 5) is 35.7. The van der Waals surface area contributed by atoms with E-state index in [-0.39, 0.29) is 5.11 Å².